The van der Waals surface area contributed by atoms with Crippen LogP contribution in [0, 0.1) is 12.7 Å². The van der Waals surface area contributed by atoms with Crippen molar-refractivity contribution in [2.75, 3.05) is 0 Å². The number of hydrogen-bond acceptors (Lipinski definition) is 2. The molecular weight excluding hydrogens is 229 g/mol. The number of aromatic nitrogens is 2. The van der Waals surface area contributed by atoms with Crippen molar-refractivity contribution in [1.82, 2.24) is 15.1 Å². The molecule has 0 aliphatic heterocycles. The Bertz CT molecular complexity index is 534. The molecule has 96 valence electrons. The lowest BCUT2D eigenvalue weighted by atomic mass is 10.1. The summed E-state index contributed by atoms with van der Waals surface area (Å²) >= 11 is 0. The van der Waals surface area contributed by atoms with Crippen LogP contribution < -0.4 is 5.32 Å². The predicted octanol–water partition coefficient (Wildman–Crippen LogP) is 2.72. The molecule has 3 nitrogen and oxygen atoms in total. The van der Waals surface area contributed by atoms with Crippen LogP contribution in [0.2, 0.25) is 0 Å². The standard InChI is InChI=1S/C14H18FN3/c1-10-12(9-18(3)17-10)8-16-11(2)13-6-4-5-7-14(13)15/h4-7,9,11,16H,8H2,1-3H3. The third-order valence-corrected chi connectivity index (χ3v) is 3.09. The topological polar surface area (TPSA) is 29.9 Å². The second-order valence-corrected chi connectivity index (χ2v) is 4.54. The molecule has 2 aromatic rings. The average Bonchev–Trinajstić information content (AvgIpc) is 2.65. The summed E-state index contributed by atoms with van der Waals surface area (Å²) in [4.78, 5) is 0. The van der Waals surface area contributed by atoms with Crippen molar-refractivity contribution in [3.8, 4) is 0 Å². The summed E-state index contributed by atoms with van der Waals surface area (Å²) in [6, 6.07) is 6.83. The van der Waals surface area contributed by atoms with Gasteiger partial charge < -0.3 is 5.32 Å². The SMILES string of the molecule is Cc1nn(C)cc1CNC(C)c1ccccc1F. The van der Waals surface area contributed by atoms with Crippen LogP contribution in [0.3, 0.4) is 0 Å². The second-order valence-electron chi connectivity index (χ2n) is 4.54. The lowest BCUT2D eigenvalue weighted by molar-refractivity contribution is 0.527. The molecule has 0 radical (unpaired) electrons. The van der Waals surface area contributed by atoms with E-state index in [4.69, 9.17) is 0 Å². The third-order valence-electron chi connectivity index (χ3n) is 3.09. The van der Waals surface area contributed by atoms with E-state index in [0.29, 0.717) is 12.1 Å². The first-order valence-corrected chi connectivity index (χ1v) is 6.05. The minimum Gasteiger partial charge on any atom is -0.306 e. The Labute approximate surface area is 107 Å². The summed E-state index contributed by atoms with van der Waals surface area (Å²) in [5.41, 5.74) is 2.84. The Balaban J connectivity index is 2.03. The van der Waals surface area contributed by atoms with Gasteiger partial charge >= 0.3 is 0 Å². The minimum absolute atomic E-state index is 0.0224. The van der Waals surface area contributed by atoms with Crippen LogP contribution in [0.15, 0.2) is 30.5 Å². The number of nitrogens with one attached hydrogen (secondary N) is 1. The van der Waals surface area contributed by atoms with Crippen molar-refractivity contribution >= 4 is 0 Å². The minimum atomic E-state index is -0.166. The second kappa shape index (κ2) is 5.31. The Kier molecular flexibility index (Phi) is 3.77. The number of aryl methyl sites for hydroxylation is 2. The van der Waals surface area contributed by atoms with Crippen LogP contribution in [-0.2, 0) is 13.6 Å². The van der Waals surface area contributed by atoms with E-state index in [0.717, 1.165) is 11.3 Å². The molecule has 1 aromatic carbocycles. The van der Waals surface area contributed by atoms with Gasteiger partial charge in [0.25, 0.3) is 0 Å². The van der Waals surface area contributed by atoms with Crippen molar-refractivity contribution < 1.29 is 4.39 Å². The number of rotatable bonds is 4. The van der Waals surface area contributed by atoms with E-state index in [9.17, 15) is 4.39 Å². The number of nitrogens with zero attached hydrogens (tertiary/aromatic N) is 2. The van der Waals surface area contributed by atoms with Gasteiger partial charge in [-0.25, -0.2) is 4.39 Å². The van der Waals surface area contributed by atoms with E-state index in [1.165, 1.54) is 6.07 Å². The van der Waals surface area contributed by atoms with E-state index in [1.807, 2.05) is 39.2 Å². The average molecular weight is 247 g/mol. The molecule has 0 aliphatic carbocycles. The normalized spacial score (nSPS) is 12.7. The molecule has 2 rings (SSSR count). The van der Waals surface area contributed by atoms with E-state index in [1.54, 1.807) is 10.7 Å². The van der Waals surface area contributed by atoms with Gasteiger partial charge in [-0.05, 0) is 19.9 Å². The molecule has 0 bridgehead atoms. The van der Waals surface area contributed by atoms with E-state index in [-0.39, 0.29) is 11.9 Å². The Morgan fingerprint density at radius 1 is 1.39 bits per heavy atom. The number of benzene rings is 1. The summed E-state index contributed by atoms with van der Waals surface area (Å²) < 4.78 is 15.4. The van der Waals surface area contributed by atoms with Gasteiger partial charge in [-0.2, -0.15) is 5.10 Å². The van der Waals surface area contributed by atoms with Crippen molar-refractivity contribution in [1.29, 1.82) is 0 Å². The van der Waals surface area contributed by atoms with Crippen LogP contribution in [0.5, 0.6) is 0 Å². The van der Waals surface area contributed by atoms with Crippen molar-refractivity contribution in [2.24, 2.45) is 7.05 Å². The molecule has 1 aromatic heterocycles. The zero-order valence-electron chi connectivity index (χ0n) is 10.9. The van der Waals surface area contributed by atoms with Gasteiger partial charge in [0.05, 0.1) is 5.69 Å². The molecule has 0 aliphatic rings. The predicted molar refractivity (Wildman–Crippen MR) is 69.6 cm³/mol. The quantitative estimate of drug-likeness (QED) is 0.900. The summed E-state index contributed by atoms with van der Waals surface area (Å²) in [6.07, 6.45) is 1.98. The van der Waals surface area contributed by atoms with Gasteiger partial charge in [-0.15, -0.1) is 0 Å². The van der Waals surface area contributed by atoms with E-state index >= 15 is 0 Å². The molecule has 1 atom stereocenters. The summed E-state index contributed by atoms with van der Waals surface area (Å²) in [5.74, 6) is -0.166. The van der Waals surface area contributed by atoms with Gasteiger partial charge in [-0.3, -0.25) is 4.68 Å². The molecule has 1 unspecified atom stereocenters. The summed E-state index contributed by atoms with van der Waals surface area (Å²) in [5, 5.41) is 7.60. The highest BCUT2D eigenvalue weighted by Gasteiger charge is 2.10. The van der Waals surface area contributed by atoms with Crippen molar-refractivity contribution in [3.63, 3.8) is 0 Å². The number of hydrogen-bond donors (Lipinski definition) is 1. The number of halogens is 1. The highest BCUT2D eigenvalue weighted by Crippen LogP contribution is 2.17. The van der Waals surface area contributed by atoms with Crippen molar-refractivity contribution in [3.05, 3.63) is 53.1 Å². The van der Waals surface area contributed by atoms with Gasteiger partial charge in [0.1, 0.15) is 5.82 Å². The molecule has 0 fully saturated rings. The molecule has 0 amide bonds. The smallest absolute Gasteiger partial charge is 0.127 e. The highest BCUT2D eigenvalue weighted by atomic mass is 19.1. The van der Waals surface area contributed by atoms with Crippen LogP contribution in [-0.4, -0.2) is 9.78 Å². The van der Waals surface area contributed by atoms with Crippen LogP contribution in [0.25, 0.3) is 0 Å². The Hall–Kier alpha value is -1.68. The Morgan fingerprint density at radius 3 is 2.72 bits per heavy atom. The zero-order chi connectivity index (χ0) is 13.1. The molecule has 0 saturated carbocycles. The maximum Gasteiger partial charge on any atom is 0.127 e. The first-order valence-electron chi connectivity index (χ1n) is 6.05. The monoisotopic (exact) mass is 247 g/mol. The molecular formula is C14H18FN3. The maximum absolute atomic E-state index is 13.6. The summed E-state index contributed by atoms with van der Waals surface area (Å²) in [7, 11) is 1.90. The molecule has 1 heterocycles. The van der Waals surface area contributed by atoms with Gasteiger partial charge in [0, 0.05) is 37.0 Å². The van der Waals surface area contributed by atoms with E-state index < -0.39 is 0 Å². The van der Waals surface area contributed by atoms with E-state index in [2.05, 4.69) is 10.4 Å². The summed E-state index contributed by atoms with van der Waals surface area (Å²) in [6.45, 7) is 4.63. The third kappa shape index (κ3) is 2.76. The van der Waals surface area contributed by atoms with Crippen LogP contribution in [0.1, 0.15) is 29.8 Å². The van der Waals surface area contributed by atoms with Crippen molar-refractivity contribution in [2.45, 2.75) is 26.4 Å². The lowest BCUT2D eigenvalue weighted by Gasteiger charge is -2.14. The first-order chi connectivity index (χ1) is 8.58. The fraction of sp³-hybridized carbons (Fsp3) is 0.357. The maximum atomic E-state index is 13.6. The van der Waals surface area contributed by atoms with Gasteiger partial charge in [-0.1, -0.05) is 18.2 Å². The van der Waals surface area contributed by atoms with Gasteiger partial charge in [0.15, 0.2) is 0 Å². The molecule has 1 N–H and O–H groups in total. The lowest BCUT2D eigenvalue weighted by Crippen LogP contribution is -2.19. The zero-order valence-corrected chi connectivity index (χ0v) is 10.9. The van der Waals surface area contributed by atoms with Crippen LogP contribution >= 0.6 is 0 Å². The first kappa shape index (κ1) is 12.8. The molecule has 0 spiro atoms. The molecule has 0 saturated heterocycles. The largest absolute Gasteiger partial charge is 0.306 e. The molecule has 18 heavy (non-hydrogen) atoms. The Morgan fingerprint density at radius 2 is 2.11 bits per heavy atom. The fourth-order valence-corrected chi connectivity index (χ4v) is 2.02. The van der Waals surface area contributed by atoms with Crippen LogP contribution in [0.4, 0.5) is 4.39 Å². The fourth-order valence-electron chi connectivity index (χ4n) is 2.02. The highest BCUT2D eigenvalue weighted by molar-refractivity contribution is 5.21. The molecule has 4 heteroatoms. The van der Waals surface area contributed by atoms with Gasteiger partial charge in [0.2, 0.25) is 0 Å².